The molecule has 3 N–H and O–H groups in total. The molecule has 10 nitrogen and oxygen atoms in total. The fourth-order valence-electron chi connectivity index (χ4n) is 3.00. The van der Waals surface area contributed by atoms with Crippen molar-refractivity contribution in [3.63, 3.8) is 0 Å². The van der Waals surface area contributed by atoms with Crippen LogP contribution in [0.5, 0.6) is 5.75 Å². The number of hydrogen-bond acceptors (Lipinski definition) is 6. The molecule has 0 saturated carbocycles. The van der Waals surface area contributed by atoms with Gasteiger partial charge in [-0.05, 0) is 42.5 Å². The molecule has 0 unspecified atom stereocenters. The standard InChI is InChI=1S/C24H19N3O7/c1-34-21-12-11-17(24(30)31)14-18(21)25-23(29)19(26-22(28)15-7-3-2-4-8-15)13-16-9-5-6-10-20(16)27(32)33/h2-14H,1H3,(H,25,29)(H,26,28)(H,30,31)/b19-13+. The van der Waals surface area contributed by atoms with Crippen molar-refractivity contribution in [1.29, 1.82) is 0 Å². The highest BCUT2D eigenvalue weighted by atomic mass is 16.6. The number of hydrogen-bond donors (Lipinski definition) is 3. The van der Waals surface area contributed by atoms with Crippen LogP contribution in [0.4, 0.5) is 11.4 Å². The Kier molecular flexibility index (Phi) is 7.34. The highest BCUT2D eigenvalue weighted by Crippen LogP contribution is 2.27. The van der Waals surface area contributed by atoms with Gasteiger partial charge < -0.3 is 20.5 Å². The van der Waals surface area contributed by atoms with Crippen molar-refractivity contribution >= 4 is 35.2 Å². The number of rotatable bonds is 8. The molecule has 0 fully saturated rings. The average molecular weight is 461 g/mol. The van der Waals surface area contributed by atoms with Crippen LogP contribution in [0.15, 0.2) is 78.5 Å². The van der Waals surface area contributed by atoms with E-state index in [4.69, 9.17) is 4.74 Å². The number of ether oxygens (including phenoxy) is 1. The third kappa shape index (κ3) is 5.62. The Balaban J connectivity index is 2.03. The Morgan fingerprint density at radius 1 is 0.971 bits per heavy atom. The number of nitro groups is 1. The van der Waals surface area contributed by atoms with Gasteiger partial charge in [0.15, 0.2) is 0 Å². The Bertz CT molecular complexity index is 1290. The second-order valence-corrected chi connectivity index (χ2v) is 6.87. The van der Waals surface area contributed by atoms with Crippen LogP contribution < -0.4 is 15.4 Å². The first-order chi connectivity index (χ1) is 16.3. The average Bonchev–Trinajstić information content (AvgIpc) is 2.84. The van der Waals surface area contributed by atoms with Gasteiger partial charge in [0.1, 0.15) is 11.4 Å². The predicted molar refractivity (Wildman–Crippen MR) is 124 cm³/mol. The van der Waals surface area contributed by atoms with Crippen LogP contribution in [0.1, 0.15) is 26.3 Å². The van der Waals surface area contributed by atoms with Gasteiger partial charge in [-0.15, -0.1) is 0 Å². The third-order valence-corrected chi connectivity index (χ3v) is 4.66. The number of nitrogens with zero attached hydrogens (tertiary/aromatic N) is 1. The monoisotopic (exact) mass is 461 g/mol. The zero-order valence-corrected chi connectivity index (χ0v) is 17.8. The normalized spacial score (nSPS) is 10.8. The van der Waals surface area contributed by atoms with E-state index in [0.29, 0.717) is 0 Å². The van der Waals surface area contributed by atoms with Gasteiger partial charge in [-0.2, -0.15) is 0 Å². The number of carbonyl (C=O) groups excluding carboxylic acids is 2. The molecule has 172 valence electrons. The summed E-state index contributed by atoms with van der Waals surface area (Å²) in [6, 6.07) is 17.6. The molecule has 0 aliphatic heterocycles. The van der Waals surface area contributed by atoms with E-state index in [9.17, 15) is 29.6 Å². The molecule has 0 aliphatic carbocycles. The minimum atomic E-state index is -1.22. The number of nitro benzene ring substituents is 1. The molecule has 0 aromatic heterocycles. The summed E-state index contributed by atoms with van der Waals surface area (Å²) in [6.45, 7) is 0. The highest BCUT2D eigenvalue weighted by Gasteiger charge is 2.20. The number of anilines is 1. The number of carboxylic acids is 1. The molecule has 3 rings (SSSR count). The second kappa shape index (κ2) is 10.6. The summed E-state index contributed by atoms with van der Waals surface area (Å²) in [7, 11) is 1.34. The van der Waals surface area contributed by atoms with E-state index in [1.165, 1.54) is 61.7 Å². The van der Waals surface area contributed by atoms with Crippen LogP contribution in [0, 0.1) is 10.1 Å². The summed E-state index contributed by atoms with van der Waals surface area (Å²) in [5.74, 6) is -2.50. The predicted octanol–water partition coefficient (Wildman–Crippen LogP) is 3.71. The smallest absolute Gasteiger partial charge is 0.335 e. The summed E-state index contributed by atoms with van der Waals surface area (Å²) in [5.41, 5.74) is -0.298. The maximum absolute atomic E-state index is 13.1. The first-order valence-electron chi connectivity index (χ1n) is 9.84. The van der Waals surface area contributed by atoms with Crippen LogP contribution in [-0.4, -0.2) is 34.9 Å². The lowest BCUT2D eigenvalue weighted by atomic mass is 10.1. The van der Waals surface area contributed by atoms with E-state index >= 15 is 0 Å². The molecule has 0 aliphatic rings. The van der Waals surface area contributed by atoms with Gasteiger partial charge in [-0.25, -0.2) is 4.79 Å². The number of carboxylic acid groups (broad SMARTS) is 1. The summed E-state index contributed by atoms with van der Waals surface area (Å²) >= 11 is 0. The first-order valence-corrected chi connectivity index (χ1v) is 9.84. The van der Waals surface area contributed by atoms with E-state index in [1.54, 1.807) is 24.3 Å². The third-order valence-electron chi connectivity index (χ3n) is 4.66. The number of amides is 2. The molecule has 34 heavy (non-hydrogen) atoms. The van der Waals surface area contributed by atoms with Crippen molar-refractivity contribution < 1.29 is 29.2 Å². The van der Waals surface area contributed by atoms with Crippen molar-refractivity contribution in [1.82, 2.24) is 5.32 Å². The van der Waals surface area contributed by atoms with E-state index in [0.717, 1.165) is 0 Å². The summed E-state index contributed by atoms with van der Waals surface area (Å²) in [5, 5.41) is 25.6. The second-order valence-electron chi connectivity index (χ2n) is 6.87. The number of carbonyl (C=O) groups is 3. The van der Waals surface area contributed by atoms with Crippen LogP contribution in [0.25, 0.3) is 6.08 Å². The number of para-hydroxylation sites is 1. The van der Waals surface area contributed by atoms with Crippen LogP contribution in [0.2, 0.25) is 0 Å². The lowest BCUT2D eigenvalue weighted by Crippen LogP contribution is -2.31. The van der Waals surface area contributed by atoms with Crippen LogP contribution in [0.3, 0.4) is 0 Å². The Labute approximate surface area is 193 Å². The van der Waals surface area contributed by atoms with Gasteiger partial charge in [-0.3, -0.25) is 19.7 Å². The Morgan fingerprint density at radius 2 is 1.65 bits per heavy atom. The van der Waals surface area contributed by atoms with E-state index in [1.807, 2.05) is 0 Å². The molecule has 0 saturated heterocycles. The molecule has 0 bridgehead atoms. The van der Waals surface area contributed by atoms with E-state index < -0.39 is 22.7 Å². The lowest BCUT2D eigenvalue weighted by Gasteiger charge is -2.14. The van der Waals surface area contributed by atoms with E-state index in [2.05, 4.69) is 10.6 Å². The Hall–Kier alpha value is -4.99. The number of nitrogens with one attached hydrogen (secondary N) is 2. The topological polar surface area (TPSA) is 148 Å². The Morgan fingerprint density at radius 3 is 2.29 bits per heavy atom. The fourth-order valence-corrected chi connectivity index (χ4v) is 3.00. The van der Waals surface area contributed by atoms with Crippen molar-refractivity contribution in [2.24, 2.45) is 0 Å². The minimum absolute atomic E-state index is 0.0369. The molecule has 3 aromatic rings. The number of methoxy groups -OCH3 is 1. The van der Waals surface area contributed by atoms with Gasteiger partial charge in [0.25, 0.3) is 17.5 Å². The quantitative estimate of drug-likeness (QED) is 0.263. The SMILES string of the molecule is COc1ccc(C(=O)O)cc1NC(=O)/C(=C\c1ccccc1[N+](=O)[O-])NC(=O)c1ccccc1. The molecule has 10 heteroatoms. The molecule has 3 aromatic carbocycles. The summed E-state index contributed by atoms with van der Waals surface area (Å²) in [6.07, 6.45) is 1.17. The van der Waals surface area contributed by atoms with Crippen molar-refractivity contribution in [2.45, 2.75) is 0 Å². The van der Waals surface area contributed by atoms with Crippen LogP contribution in [-0.2, 0) is 4.79 Å². The molecular weight excluding hydrogens is 442 g/mol. The van der Waals surface area contributed by atoms with Gasteiger partial charge in [0.05, 0.1) is 28.8 Å². The zero-order chi connectivity index (χ0) is 24.7. The van der Waals surface area contributed by atoms with Gasteiger partial charge in [-0.1, -0.05) is 30.3 Å². The van der Waals surface area contributed by atoms with Gasteiger partial charge in [0, 0.05) is 11.6 Å². The van der Waals surface area contributed by atoms with Gasteiger partial charge >= 0.3 is 5.97 Å². The molecular formula is C24H19N3O7. The molecule has 0 atom stereocenters. The van der Waals surface area contributed by atoms with Crippen molar-refractivity contribution in [3.05, 3.63) is 105 Å². The molecule has 0 spiro atoms. The highest BCUT2D eigenvalue weighted by molar-refractivity contribution is 6.11. The fraction of sp³-hybridized carbons (Fsp3) is 0.0417. The lowest BCUT2D eigenvalue weighted by molar-refractivity contribution is -0.385. The van der Waals surface area contributed by atoms with E-state index in [-0.39, 0.29) is 39.5 Å². The molecule has 2 amide bonds. The number of aromatic carboxylic acids is 1. The zero-order valence-electron chi connectivity index (χ0n) is 17.8. The van der Waals surface area contributed by atoms with Gasteiger partial charge in [0.2, 0.25) is 0 Å². The molecule has 0 heterocycles. The van der Waals surface area contributed by atoms with Crippen molar-refractivity contribution in [2.75, 3.05) is 12.4 Å². The molecule has 0 radical (unpaired) electrons. The van der Waals surface area contributed by atoms with Crippen LogP contribution >= 0.6 is 0 Å². The largest absolute Gasteiger partial charge is 0.495 e. The number of benzene rings is 3. The summed E-state index contributed by atoms with van der Waals surface area (Å²) < 4.78 is 5.18. The first kappa shape index (κ1) is 23.7. The summed E-state index contributed by atoms with van der Waals surface area (Å²) in [4.78, 5) is 48.0. The maximum atomic E-state index is 13.1. The maximum Gasteiger partial charge on any atom is 0.335 e. The minimum Gasteiger partial charge on any atom is -0.495 e. The van der Waals surface area contributed by atoms with Crippen molar-refractivity contribution in [3.8, 4) is 5.75 Å².